The van der Waals surface area contributed by atoms with Crippen molar-refractivity contribution >= 4 is 16.9 Å². The Labute approximate surface area is 191 Å². The fourth-order valence-corrected chi connectivity index (χ4v) is 3.71. The van der Waals surface area contributed by atoms with Crippen molar-refractivity contribution < 1.29 is 9.53 Å². The van der Waals surface area contributed by atoms with Crippen molar-refractivity contribution in [1.82, 2.24) is 14.9 Å². The first-order valence-electron chi connectivity index (χ1n) is 11.5. The molecule has 0 aliphatic rings. The number of ether oxygens (including phenoxy) is 1. The van der Waals surface area contributed by atoms with Crippen molar-refractivity contribution in [2.24, 2.45) is 0 Å². The van der Waals surface area contributed by atoms with Crippen LogP contribution in [0.25, 0.3) is 11.0 Å². The van der Waals surface area contributed by atoms with Crippen LogP contribution in [-0.2, 0) is 23.2 Å². The molecule has 0 saturated heterocycles. The van der Waals surface area contributed by atoms with Gasteiger partial charge in [-0.15, -0.1) is 0 Å². The second kappa shape index (κ2) is 11.0. The average Bonchev–Trinajstić information content (AvgIpc) is 3.13. The number of hydrogen-bond donors (Lipinski definition) is 1. The largest absolute Gasteiger partial charge is 0.494 e. The first-order chi connectivity index (χ1) is 15.4. The highest BCUT2D eigenvalue weighted by Crippen LogP contribution is 2.24. The highest BCUT2D eigenvalue weighted by atomic mass is 16.5. The molecule has 3 aromatic rings. The van der Waals surface area contributed by atoms with Crippen LogP contribution in [0.15, 0.2) is 61.2 Å². The summed E-state index contributed by atoms with van der Waals surface area (Å²) in [6.07, 6.45) is 4.96. The van der Waals surface area contributed by atoms with Gasteiger partial charge in [0.05, 0.1) is 17.6 Å². The Balaban J connectivity index is 1.51. The number of nitrogens with zero attached hydrogens (tertiary/aromatic N) is 2. The van der Waals surface area contributed by atoms with Gasteiger partial charge in [-0.25, -0.2) is 4.98 Å². The lowest BCUT2D eigenvalue weighted by atomic mass is 9.87. The van der Waals surface area contributed by atoms with Gasteiger partial charge in [0.1, 0.15) is 11.6 Å². The summed E-state index contributed by atoms with van der Waals surface area (Å²) in [7, 11) is 0. The lowest BCUT2D eigenvalue weighted by Crippen LogP contribution is -2.22. The zero-order chi connectivity index (χ0) is 23.0. The molecule has 0 aliphatic carbocycles. The van der Waals surface area contributed by atoms with E-state index in [0.29, 0.717) is 13.2 Å². The maximum atomic E-state index is 11.3. The third-order valence-electron chi connectivity index (χ3n) is 5.56. The number of carbonyl (C=O) groups is 1. The van der Waals surface area contributed by atoms with E-state index in [0.717, 1.165) is 54.8 Å². The molecule has 5 heteroatoms. The molecule has 0 spiro atoms. The molecule has 0 radical (unpaired) electrons. The normalized spacial score (nSPS) is 11.5. The first-order valence-corrected chi connectivity index (χ1v) is 11.5. The van der Waals surface area contributed by atoms with Gasteiger partial charge in [-0.05, 0) is 60.6 Å². The monoisotopic (exact) mass is 433 g/mol. The number of imidazole rings is 1. The predicted octanol–water partition coefficient (Wildman–Crippen LogP) is 5.43. The lowest BCUT2D eigenvalue weighted by Gasteiger charge is -2.19. The van der Waals surface area contributed by atoms with Crippen molar-refractivity contribution in [1.29, 1.82) is 0 Å². The van der Waals surface area contributed by atoms with Gasteiger partial charge in [0.15, 0.2) is 0 Å². The van der Waals surface area contributed by atoms with Crippen LogP contribution in [0.2, 0.25) is 0 Å². The Kier molecular flexibility index (Phi) is 8.09. The van der Waals surface area contributed by atoms with Crippen LogP contribution >= 0.6 is 0 Å². The number of hydrogen-bond acceptors (Lipinski definition) is 3. The van der Waals surface area contributed by atoms with Gasteiger partial charge in [-0.1, -0.05) is 51.6 Å². The highest BCUT2D eigenvalue weighted by molar-refractivity contribution is 5.86. The van der Waals surface area contributed by atoms with E-state index in [1.165, 1.54) is 11.6 Å². The minimum absolute atomic E-state index is 0.133. The molecule has 0 fully saturated rings. The van der Waals surface area contributed by atoms with Crippen LogP contribution in [0.5, 0.6) is 5.75 Å². The van der Waals surface area contributed by atoms with Crippen molar-refractivity contribution in [3.63, 3.8) is 0 Å². The molecule has 1 N–H and O–H groups in total. The number of unbranched alkanes of at least 4 members (excludes halogenated alkanes) is 1. The molecule has 0 unspecified atom stereocenters. The fraction of sp³-hybridized carbons (Fsp3) is 0.407. The minimum atomic E-state index is -0.133. The number of para-hydroxylation sites is 2. The van der Waals surface area contributed by atoms with E-state index in [9.17, 15) is 4.79 Å². The van der Waals surface area contributed by atoms with E-state index in [-0.39, 0.29) is 11.3 Å². The summed E-state index contributed by atoms with van der Waals surface area (Å²) < 4.78 is 8.26. The Morgan fingerprint density at radius 3 is 2.56 bits per heavy atom. The van der Waals surface area contributed by atoms with E-state index < -0.39 is 0 Å². The van der Waals surface area contributed by atoms with Gasteiger partial charge < -0.3 is 14.6 Å². The molecule has 1 amide bonds. The molecule has 5 nitrogen and oxygen atoms in total. The van der Waals surface area contributed by atoms with Crippen LogP contribution < -0.4 is 10.1 Å². The van der Waals surface area contributed by atoms with E-state index in [1.807, 2.05) is 6.07 Å². The van der Waals surface area contributed by atoms with E-state index in [4.69, 9.17) is 9.72 Å². The van der Waals surface area contributed by atoms with Crippen molar-refractivity contribution in [2.45, 2.75) is 58.4 Å². The predicted molar refractivity (Wildman–Crippen MR) is 131 cm³/mol. The van der Waals surface area contributed by atoms with Crippen molar-refractivity contribution in [3.8, 4) is 5.75 Å². The van der Waals surface area contributed by atoms with Gasteiger partial charge in [0.25, 0.3) is 0 Å². The summed E-state index contributed by atoms with van der Waals surface area (Å²) >= 11 is 0. The number of nitrogens with one attached hydrogen (secondary N) is 1. The molecule has 1 heterocycles. The van der Waals surface area contributed by atoms with E-state index in [2.05, 4.69) is 79.7 Å². The molecule has 170 valence electrons. The second-order valence-corrected chi connectivity index (χ2v) is 9.10. The van der Waals surface area contributed by atoms with Gasteiger partial charge in [-0.3, -0.25) is 4.79 Å². The SMILES string of the molecule is C=CC(=O)NCCCc1nc2ccccc2n1CCCCOc1ccc(C(C)(C)C)cc1. The van der Waals surface area contributed by atoms with Crippen LogP contribution in [0, 0.1) is 0 Å². The maximum Gasteiger partial charge on any atom is 0.243 e. The van der Waals surface area contributed by atoms with Crippen molar-refractivity contribution in [3.05, 3.63) is 72.6 Å². The summed E-state index contributed by atoms with van der Waals surface area (Å²) in [5.41, 5.74) is 3.65. The number of rotatable bonds is 11. The minimum Gasteiger partial charge on any atom is -0.494 e. The summed E-state index contributed by atoms with van der Waals surface area (Å²) in [5.74, 6) is 1.86. The lowest BCUT2D eigenvalue weighted by molar-refractivity contribution is -0.116. The first kappa shape index (κ1) is 23.6. The number of fused-ring (bicyclic) bond motifs is 1. The molecule has 0 atom stereocenters. The fourth-order valence-electron chi connectivity index (χ4n) is 3.71. The maximum absolute atomic E-state index is 11.3. The van der Waals surface area contributed by atoms with Gasteiger partial charge in [-0.2, -0.15) is 0 Å². The Morgan fingerprint density at radius 2 is 1.84 bits per heavy atom. The smallest absolute Gasteiger partial charge is 0.243 e. The van der Waals surface area contributed by atoms with E-state index in [1.54, 1.807) is 0 Å². The Bertz CT molecular complexity index is 1030. The molecule has 0 aliphatic heterocycles. The zero-order valence-corrected chi connectivity index (χ0v) is 19.6. The average molecular weight is 434 g/mol. The summed E-state index contributed by atoms with van der Waals surface area (Å²) in [4.78, 5) is 16.2. The van der Waals surface area contributed by atoms with Crippen LogP contribution in [0.4, 0.5) is 0 Å². The van der Waals surface area contributed by atoms with E-state index >= 15 is 0 Å². The third kappa shape index (κ3) is 6.46. The summed E-state index contributed by atoms with van der Waals surface area (Å²) in [6, 6.07) is 16.7. The van der Waals surface area contributed by atoms with Gasteiger partial charge in [0.2, 0.25) is 5.91 Å². The molecular weight excluding hydrogens is 398 g/mol. The molecular formula is C27H35N3O2. The van der Waals surface area contributed by atoms with Crippen LogP contribution in [0.3, 0.4) is 0 Å². The van der Waals surface area contributed by atoms with Crippen LogP contribution in [0.1, 0.15) is 51.4 Å². The number of benzene rings is 2. The summed E-state index contributed by atoms with van der Waals surface area (Å²) in [6.45, 7) is 12.4. The Morgan fingerprint density at radius 1 is 1.09 bits per heavy atom. The zero-order valence-electron chi connectivity index (χ0n) is 19.6. The quantitative estimate of drug-likeness (QED) is 0.324. The molecule has 1 aromatic heterocycles. The topological polar surface area (TPSA) is 56.2 Å². The number of carbonyl (C=O) groups excluding carboxylic acids is 1. The van der Waals surface area contributed by atoms with Crippen LogP contribution in [-0.4, -0.2) is 28.6 Å². The molecule has 32 heavy (non-hydrogen) atoms. The number of aromatic nitrogens is 2. The standard InChI is InChI=1S/C27H35N3O2/c1-5-26(31)28-18-10-13-25-29-23-11-6-7-12-24(23)30(25)19-8-9-20-32-22-16-14-21(15-17-22)27(2,3)4/h5-7,11-12,14-17H,1,8-10,13,18-20H2,2-4H3,(H,28,31). The Hall–Kier alpha value is -3.08. The molecule has 0 saturated carbocycles. The highest BCUT2D eigenvalue weighted by Gasteiger charge is 2.13. The second-order valence-electron chi connectivity index (χ2n) is 9.10. The third-order valence-corrected chi connectivity index (χ3v) is 5.56. The summed E-state index contributed by atoms with van der Waals surface area (Å²) in [5, 5.41) is 2.83. The number of amides is 1. The number of aryl methyl sites for hydroxylation is 2. The molecule has 2 aromatic carbocycles. The molecule has 3 rings (SSSR count). The van der Waals surface area contributed by atoms with Gasteiger partial charge >= 0.3 is 0 Å². The van der Waals surface area contributed by atoms with Gasteiger partial charge in [0, 0.05) is 19.5 Å². The van der Waals surface area contributed by atoms with Crippen molar-refractivity contribution in [2.75, 3.05) is 13.2 Å². The molecule has 0 bridgehead atoms.